The van der Waals surface area contributed by atoms with Gasteiger partial charge in [0.1, 0.15) is 11.4 Å². The molecule has 1 heterocycles. The molecule has 0 bridgehead atoms. The van der Waals surface area contributed by atoms with E-state index in [0.29, 0.717) is 11.4 Å². The molecule has 0 aromatic heterocycles. The summed E-state index contributed by atoms with van der Waals surface area (Å²) in [7, 11) is 5.03. The molecule has 0 spiro atoms. The van der Waals surface area contributed by atoms with Crippen molar-refractivity contribution in [1.82, 2.24) is 5.32 Å². The van der Waals surface area contributed by atoms with Crippen LogP contribution in [0.25, 0.3) is 0 Å². The van der Waals surface area contributed by atoms with Crippen molar-refractivity contribution >= 4 is 23.8 Å². The molecule has 1 aliphatic rings. The molecule has 7 heteroatoms. The van der Waals surface area contributed by atoms with Gasteiger partial charge in [-0.15, -0.1) is 12.4 Å². The van der Waals surface area contributed by atoms with Crippen LogP contribution in [0.3, 0.4) is 0 Å². The Morgan fingerprint density at radius 2 is 1.89 bits per heavy atom. The van der Waals surface area contributed by atoms with E-state index < -0.39 is 4.92 Å². The van der Waals surface area contributed by atoms with Gasteiger partial charge < -0.3 is 15.0 Å². The van der Waals surface area contributed by atoms with Gasteiger partial charge in [-0.05, 0) is 25.6 Å². The molecular formula is C12H20ClN3O3. The highest BCUT2D eigenvalue weighted by Gasteiger charge is 2.15. The summed E-state index contributed by atoms with van der Waals surface area (Å²) >= 11 is 0. The van der Waals surface area contributed by atoms with Crippen LogP contribution in [0.1, 0.15) is 6.42 Å². The number of anilines is 1. The van der Waals surface area contributed by atoms with Crippen molar-refractivity contribution in [2.24, 2.45) is 0 Å². The van der Waals surface area contributed by atoms with Gasteiger partial charge in [0, 0.05) is 26.2 Å². The normalized spacial score (nSPS) is 12.2. The Balaban J connectivity index is 0.000000552. The third-order valence-corrected chi connectivity index (χ3v) is 2.57. The molecule has 1 saturated heterocycles. The van der Waals surface area contributed by atoms with Crippen LogP contribution in [0.4, 0.5) is 11.4 Å². The van der Waals surface area contributed by atoms with Gasteiger partial charge >= 0.3 is 0 Å². The summed E-state index contributed by atoms with van der Waals surface area (Å²) in [6.45, 7) is 2.50. The molecule has 0 saturated carbocycles. The van der Waals surface area contributed by atoms with E-state index in [1.165, 1.54) is 32.7 Å². The number of nitro benzene ring substituents is 1. The van der Waals surface area contributed by atoms with E-state index in [9.17, 15) is 10.1 Å². The van der Waals surface area contributed by atoms with E-state index in [1.807, 2.05) is 0 Å². The van der Waals surface area contributed by atoms with Gasteiger partial charge in [0.25, 0.3) is 5.69 Å². The zero-order valence-electron chi connectivity index (χ0n) is 11.4. The van der Waals surface area contributed by atoms with E-state index in [2.05, 4.69) is 5.32 Å². The van der Waals surface area contributed by atoms with Crippen molar-refractivity contribution < 1.29 is 9.66 Å². The van der Waals surface area contributed by atoms with Crippen molar-refractivity contribution in [2.45, 2.75) is 6.42 Å². The minimum atomic E-state index is -0.408. The maximum absolute atomic E-state index is 10.7. The Morgan fingerprint density at radius 3 is 2.21 bits per heavy atom. The van der Waals surface area contributed by atoms with E-state index in [-0.39, 0.29) is 18.1 Å². The molecule has 0 unspecified atom stereocenters. The zero-order chi connectivity index (χ0) is 13.5. The predicted octanol–water partition coefficient (Wildman–Crippen LogP) is 2.07. The number of nitrogens with one attached hydrogen (secondary N) is 1. The number of nitro groups is 1. The predicted molar refractivity (Wildman–Crippen MR) is 78.7 cm³/mol. The lowest BCUT2D eigenvalue weighted by Gasteiger charge is -2.13. The molecule has 0 atom stereocenters. The number of methoxy groups -OCH3 is 1. The Morgan fingerprint density at radius 1 is 1.37 bits per heavy atom. The SMILES string of the molecule is C1CNC1.COc1ccc([N+](=O)[O-])c(N(C)C)c1.Cl. The van der Waals surface area contributed by atoms with Gasteiger partial charge in [-0.25, -0.2) is 0 Å². The van der Waals surface area contributed by atoms with E-state index in [1.54, 1.807) is 31.1 Å². The molecule has 0 radical (unpaired) electrons. The first kappa shape index (κ1) is 17.5. The topological polar surface area (TPSA) is 67.6 Å². The third kappa shape index (κ3) is 5.32. The van der Waals surface area contributed by atoms with E-state index >= 15 is 0 Å². The van der Waals surface area contributed by atoms with E-state index in [0.717, 1.165) is 0 Å². The number of hydrogen-bond donors (Lipinski definition) is 1. The lowest BCUT2D eigenvalue weighted by molar-refractivity contribution is -0.384. The molecule has 0 aliphatic carbocycles. The fourth-order valence-corrected chi connectivity index (χ4v) is 1.32. The highest BCUT2D eigenvalue weighted by atomic mass is 35.5. The monoisotopic (exact) mass is 289 g/mol. The van der Waals surface area contributed by atoms with E-state index in [4.69, 9.17) is 4.74 Å². The van der Waals surface area contributed by atoms with Crippen LogP contribution in [0, 0.1) is 10.1 Å². The minimum absolute atomic E-state index is 0. The molecule has 1 aromatic rings. The fourth-order valence-electron chi connectivity index (χ4n) is 1.32. The standard InChI is InChI=1S/C9H12N2O3.C3H7N.ClH/c1-10(2)9-6-7(14-3)4-5-8(9)11(12)13;1-2-4-3-1;/h4-6H,1-3H3;4H,1-3H2;1H. The summed E-state index contributed by atoms with van der Waals surface area (Å²) < 4.78 is 4.99. The Kier molecular flexibility index (Phi) is 7.86. The summed E-state index contributed by atoms with van der Waals surface area (Å²) in [4.78, 5) is 11.9. The highest BCUT2D eigenvalue weighted by Crippen LogP contribution is 2.30. The maximum atomic E-state index is 10.7. The quantitative estimate of drug-likeness (QED) is 0.681. The van der Waals surface area contributed by atoms with Gasteiger partial charge in [0.15, 0.2) is 0 Å². The number of halogens is 1. The summed E-state index contributed by atoms with van der Waals surface area (Å²) in [5.41, 5.74) is 0.616. The minimum Gasteiger partial charge on any atom is -0.497 e. The van der Waals surface area contributed by atoms with Crippen LogP contribution in [-0.4, -0.2) is 39.2 Å². The molecule has 19 heavy (non-hydrogen) atoms. The lowest BCUT2D eigenvalue weighted by atomic mass is 10.2. The number of rotatable bonds is 3. The number of ether oxygens (including phenoxy) is 1. The van der Waals surface area contributed by atoms with Crippen molar-refractivity contribution in [3.8, 4) is 5.75 Å². The van der Waals surface area contributed by atoms with Crippen molar-refractivity contribution in [2.75, 3.05) is 39.2 Å². The summed E-state index contributed by atoms with van der Waals surface area (Å²) in [5.74, 6) is 0.610. The second kappa shape index (κ2) is 8.55. The summed E-state index contributed by atoms with van der Waals surface area (Å²) in [5, 5.41) is 13.8. The third-order valence-electron chi connectivity index (χ3n) is 2.57. The first-order valence-electron chi connectivity index (χ1n) is 5.76. The summed E-state index contributed by atoms with van der Waals surface area (Å²) in [6, 6.07) is 4.65. The zero-order valence-corrected chi connectivity index (χ0v) is 12.2. The Labute approximate surface area is 119 Å². The maximum Gasteiger partial charge on any atom is 0.292 e. The molecule has 1 aliphatic heterocycles. The molecule has 1 fully saturated rings. The largest absolute Gasteiger partial charge is 0.497 e. The smallest absolute Gasteiger partial charge is 0.292 e. The first-order valence-corrected chi connectivity index (χ1v) is 5.76. The number of benzene rings is 1. The fraction of sp³-hybridized carbons (Fsp3) is 0.500. The Hall–Kier alpha value is -1.53. The summed E-state index contributed by atoms with van der Waals surface area (Å²) in [6.07, 6.45) is 1.39. The van der Waals surface area contributed by atoms with Crippen LogP contribution >= 0.6 is 12.4 Å². The number of nitrogens with zero attached hydrogens (tertiary/aromatic N) is 2. The van der Waals surface area contributed by atoms with Gasteiger partial charge in [-0.1, -0.05) is 0 Å². The average molecular weight is 290 g/mol. The van der Waals surface area contributed by atoms with Crippen LogP contribution < -0.4 is 15.0 Å². The first-order chi connectivity index (χ1) is 8.56. The van der Waals surface area contributed by atoms with Crippen LogP contribution in [-0.2, 0) is 0 Å². The molecule has 1 aromatic carbocycles. The number of hydrogen-bond acceptors (Lipinski definition) is 5. The Bertz CT molecular complexity index is 405. The van der Waals surface area contributed by atoms with Crippen LogP contribution in [0.2, 0.25) is 0 Å². The van der Waals surface area contributed by atoms with Crippen molar-refractivity contribution in [3.63, 3.8) is 0 Å². The van der Waals surface area contributed by atoms with Crippen molar-refractivity contribution in [1.29, 1.82) is 0 Å². The van der Waals surface area contributed by atoms with Crippen LogP contribution in [0.15, 0.2) is 18.2 Å². The molecular weight excluding hydrogens is 270 g/mol. The van der Waals surface area contributed by atoms with Crippen LogP contribution in [0.5, 0.6) is 5.75 Å². The average Bonchev–Trinajstić information content (AvgIpc) is 2.25. The van der Waals surface area contributed by atoms with Gasteiger partial charge in [0.2, 0.25) is 0 Å². The van der Waals surface area contributed by atoms with Crippen molar-refractivity contribution in [3.05, 3.63) is 28.3 Å². The molecule has 1 N–H and O–H groups in total. The van der Waals surface area contributed by atoms with Gasteiger partial charge in [0.05, 0.1) is 12.0 Å². The molecule has 108 valence electrons. The molecule has 6 nitrogen and oxygen atoms in total. The van der Waals surface area contributed by atoms with Gasteiger partial charge in [-0.2, -0.15) is 0 Å². The molecule has 2 rings (SSSR count). The molecule has 0 amide bonds. The lowest BCUT2D eigenvalue weighted by Crippen LogP contribution is -2.29. The highest BCUT2D eigenvalue weighted by molar-refractivity contribution is 5.85. The van der Waals surface area contributed by atoms with Gasteiger partial charge in [-0.3, -0.25) is 10.1 Å². The second-order valence-electron chi connectivity index (χ2n) is 4.11. The second-order valence-corrected chi connectivity index (χ2v) is 4.11.